The lowest BCUT2D eigenvalue weighted by atomic mass is 10.1. The third-order valence-electron chi connectivity index (χ3n) is 5.30. The van der Waals surface area contributed by atoms with Crippen molar-refractivity contribution in [2.24, 2.45) is 0 Å². The topological polar surface area (TPSA) is 89.7 Å². The predicted molar refractivity (Wildman–Crippen MR) is 122 cm³/mol. The molecule has 0 spiro atoms. The molecular weight excluding hydrogens is 425 g/mol. The molecule has 2 aromatic heterocycles. The van der Waals surface area contributed by atoms with Gasteiger partial charge in [0.2, 0.25) is 0 Å². The summed E-state index contributed by atoms with van der Waals surface area (Å²) in [6, 6.07) is 8.34. The molecule has 1 aromatic carbocycles. The number of carbonyl (C=O) groups is 1. The molecule has 0 aliphatic carbocycles. The molecule has 3 heterocycles. The number of nitrogens with zero attached hydrogens (tertiary/aromatic N) is 5. The Hall–Kier alpha value is -2.16. The second-order valence-electron chi connectivity index (χ2n) is 7.68. The van der Waals surface area contributed by atoms with Crippen LogP contribution in [0.25, 0.3) is 11.0 Å². The van der Waals surface area contributed by atoms with Gasteiger partial charge in [0.1, 0.15) is 5.82 Å². The molecule has 0 radical (unpaired) electrons. The molecule has 10 heteroatoms. The minimum Gasteiger partial charge on any atom is -0.341 e. The average molecular weight is 454 g/mol. The Morgan fingerprint density at radius 2 is 1.87 bits per heavy atom. The van der Waals surface area contributed by atoms with Crippen LogP contribution in [0.1, 0.15) is 68.1 Å². The lowest BCUT2D eigenvalue weighted by molar-refractivity contribution is 0.0932. The van der Waals surface area contributed by atoms with Crippen molar-refractivity contribution in [2.75, 3.05) is 13.1 Å². The summed E-state index contributed by atoms with van der Waals surface area (Å²) < 4.78 is 4.00. The monoisotopic (exact) mass is 453 g/mol. The molecule has 0 saturated carbocycles. The van der Waals surface area contributed by atoms with Gasteiger partial charge in [-0.15, -0.1) is 29.9 Å². The van der Waals surface area contributed by atoms with Crippen molar-refractivity contribution in [3.05, 3.63) is 42.0 Å². The van der Waals surface area contributed by atoms with Gasteiger partial charge in [-0.3, -0.25) is 4.79 Å². The normalized spacial score (nSPS) is 15.5. The van der Waals surface area contributed by atoms with Crippen molar-refractivity contribution in [3.63, 3.8) is 0 Å². The van der Waals surface area contributed by atoms with Crippen LogP contribution in [0.4, 0.5) is 0 Å². The highest BCUT2D eigenvalue weighted by atomic mass is 35.5. The van der Waals surface area contributed by atoms with E-state index in [-0.39, 0.29) is 42.8 Å². The van der Waals surface area contributed by atoms with Gasteiger partial charge in [0.15, 0.2) is 5.69 Å². The number of hydrogen-bond donors (Lipinski definition) is 2. The van der Waals surface area contributed by atoms with E-state index in [0.29, 0.717) is 11.7 Å². The van der Waals surface area contributed by atoms with E-state index in [2.05, 4.69) is 45.4 Å². The molecule has 1 unspecified atom stereocenters. The highest BCUT2D eigenvalue weighted by molar-refractivity contribution is 5.92. The molecule has 1 saturated heterocycles. The summed E-state index contributed by atoms with van der Waals surface area (Å²) in [6.07, 6.45) is 3.75. The summed E-state index contributed by atoms with van der Waals surface area (Å²) in [4.78, 5) is 17.5. The van der Waals surface area contributed by atoms with Crippen LogP contribution in [0.15, 0.2) is 30.5 Å². The highest BCUT2D eigenvalue weighted by Crippen LogP contribution is 2.25. The Labute approximate surface area is 188 Å². The van der Waals surface area contributed by atoms with Crippen molar-refractivity contribution in [1.29, 1.82) is 0 Å². The molecule has 164 valence electrons. The zero-order valence-corrected chi connectivity index (χ0v) is 19.0. The number of para-hydroxylation sites is 2. The Balaban J connectivity index is 0.00000160. The number of carbonyl (C=O) groups excluding carboxylic acids is 1. The summed E-state index contributed by atoms with van der Waals surface area (Å²) in [5, 5.41) is 14.6. The third kappa shape index (κ3) is 4.77. The summed E-state index contributed by atoms with van der Waals surface area (Å²) in [7, 11) is 0. The fraction of sp³-hybridized carbons (Fsp3) is 0.500. The minimum absolute atomic E-state index is 0. The van der Waals surface area contributed by atoms with Crippen molar-refractivity contribution >= 4 is 41.8 Å². The van der Waals surface area contributed by atoms with Crippen LogP contribution in [0.3, 0.4) is 0 Å². The zero-order chi connectivity index (χ0) is 19.7. The number of imidazole rings is 1. The van der Waals surface area contributed by atoms with Crippen LogP contribution in [-0.2, 0) is 0 Å². The molecule has 2 N–H and O–H groups in total. The fourth-order valence-corrected chi connectivity index (χ4v) is 3.88. The number of piperidine rings is 1. The quantitative estimate of drug-likeness (QED) is 0.616. The molecule has 1 atom stereocenters. The van der Waals surface area contributed by atoms with Gasteiger partial charge < -0.3 is 15.2 Å². The molecule has 1 amide bonds. The third-order valence-corrected chi connectivity index (χ3v) is 5.30. The Morgan fingerprint density at radius 1 is 1.17 bits per heavy atom. The van der Waals surface area contributed by atoms with Crippen molar-refractivity contribution in [2.45, 2.75) is 51.7 Å². The summed E-state index contributed by atoms with van der Waals surface area (Å²) >= 11 is 0. The molecule has 1 aliphatic rings. The Morgan fingerprint density at radius 3 is 2.57 bits per heavy atom. The molecule has 30 heavy (non-hydrogen) atoms. The van der Waals surface area contributed by atoms with Gasteiger partial charge in [0.05, 0.1) is 29.3 Å². The van der Waals surface area contributed by atoms with Gasteiger partial charge in [-0.25, -0.2) is 9.67 Å². The second-order valence-corrected chi connectivity index (χ2v) is 7.68. The SMILES string of the molecule is CC(NC(=O)c1cn(C2CCNCC2)nn1)c1nc2ccccc2n1C(C)C.Cl.Cl. The van der Waals surface area contributed by atoms with E-state index in [0.717, 1.165) is 42.8 Å². The maximum atomic E-state index is 12.7. The summed E-state index contributed by atoms with van der Waals surface area (Å²) in [5.74, 6) is 0.616. The van der Waals surface area contributed by atoms with Crippen molar-refractivity contribution < 1.29 is 4.79 Å². The van der Waals surface area contributed by atoms with Crippen LogP contribution in [0.2, 0.25) is 0 Å². The van der Waals surface area contributed by atoms with Crippen LogP contribution in [-0.4, -0.2) is 43.5 Å². The Bertz CT molecular complexity index is 979. The first-order valence-corrected chi connectivity index (χ1v) is 9.95. The molecule has 0 bridgehead atoms. The summed E-state index contributed by atoms with van der Waals surface area (Å²) in [6.45, 7) is 8.13. The first-order chi connectivity index (χ1) is 13.5. The molecule has 3 aromatic rings. The summed E-state index contributed by atoms with van der Waals surface area (Å²) in [5.41, 5.74) is 2.35. The number of hydrogen-bond acceptors (Lipinski definition) is 5. The van der Waals surface area contributed by atoms with Gasteiger partial charge in [0.25, 0.3) is 5.91 Å². The first kappa shape index (κ1) is 24.1. The van der Waals surface area contributed by atoms with Crippen LogP contribution in [0, 0.1) is 0 Å². The molecular formula is C20H29Cl2N7O. The van der Waals surface area contributed by atoms with Crippen LogP contribution in [0.5, 0.6) is 0 Å². The van der Waals surface area contributed by atoms with Gasteiger partial charge in [-0.2, -0.15) is 0 Å². The first-order valence-electron chi connectivity index (χ1n) is 9.95. The lowest BCUT2D eigenvalue weighted by Gasteiger charge is -2.22. The van der Waals surface area contributed by atoms with Gasteiger partial charge in [-0.05, 0) is 58.8 Å². The van der Waals surface area contributed by atoms with Gasteiger partial charge in [-0.1, -0.05) is 17.3 Å². The standard InChI is InChI=1S/C20H27N7O.2ClH/c1-13(2)27-18-7-5-4-6-16(18)23-19(27)14(3)22-20(28)17-12-26(25-24-17)15-8-10-21-11-9-15;;/h4-7,12-15,21H,8-11H2,1-3H3,(H,22,28);2*1H. The number of benzene rings is 1. The van der Waals surface area contributed by atoms with Crippen molar-refractivity contribution in [1.82, 2.24) is 35.2 Å². The maximum absolute atomic E-state index is 12.7. The van der Waals surface area contributed by atoms with Crippen LogP contribution >= 0.6 is 24.8 Å². The average Bonchev–Trinajstić information content (AvgIpc) is 3.34. The smallest absolute Gasteiger partial charge is 0.274 e. The van der Waals surface area contributed by atoms with E-state index < -0.39 is 0 Å². The molecule has 4 rings (SSSR count). The van der Waals surface area contributed by atoms with Gasteiger partial charge >= 0.3 is 0 Å². The number of fused-ring (bicyclic) bond motifs is 1. The second kappa shape index (κ2) is 10.2. The van der Waals surface area contributed by atoms with Crippen LogP contribution < -0.4 is 10.6 Å². The number of aromatic nitrogens is 5. The number of halogens is 2. The van der Waals surface area contributed by atoms with E-state index in [9.17, 15) is 4.79 Å². The van der Waals surface area contributed by atoms with E-state index >= 15 is 0 Å². The Kier molecular flexibility index (Phi) is 8.23. The fourth-order valence-electron chi connectivity index (χ4n) is 3.88. The largest absolute Gasteiger partial charge is 0.341 e. The van der Waals surface area contributed by atoms with E-state index in [1.165, 1.54) is 0 Å². The van der Waals surface area contributed by atoms with Crippen molar-refractivity contribution in [3.8, 4) is 0 Å². The highest BCUT2D eigenvalue weighted by Gasteiger charge is 2.23. The van der Waals surface area contributed by atoms with Gasteiger partial charge in [0, 0.05) is 6.04 Å². The van der Waals surface area contributed by atoms with E-state index in [4.69, 9.17) is 4.98 Å². The number of nitrogens with one attached hydrogen (secondary N) is 2. The maximum Gasteiger partial charge on any atom is 0.274 e. The minimum atomic E-state index is -0.244. The number of rotatable bonds is 5. The molecule has 1 fully saturated rings. The number of amides is 1. The van der Waals surface area contributed by atoms with E-state index in [1.807, 2.05) is 29.8 Å². The zero-order valence-electron chi connectivity index (χ0n) is 17.4. The predicted octanol–water partition coefficient (Wildman–Crippen LogP) is 3.47. The molecule has 8 nitrogen and oxygen atoms in total. The lowest BCUT2D eigenvalue weighted by Crippen LogP contribution is -2.30. The van der Waals surface area contributed by atoms with E-state index in [1.54, 1.807) is 6.20 Å². The molecule has 1 aliphatic heterocycles.